The summed E-state index contributed by atoms with van der Waals surface area (Å²) in [5.41, 5.74) is 0. The van der Waals surface area contributed by atoms with Crippen molar-refractivity contribution in [1.82, 2.24) is 4.90 Å². The molecule has 98 valence electrons. The van der Waals surface area contributed by atoms with Crippen LogP contribution in [0.5, 0.6) is 0 Å². The van der Waals surface area contributed by atoms with E-state index in [1.165, 1.54) is 19.3 Å². The molecule has 1 unspecified atom stereocenters. The number of rotatable bonds is 5. The van der Waals surface area contributed by atoms with Gasteiger partial charge in [-0.2, -0.15) is 0 Å². The zero-order valence-electron chi connectivity index (χ0n) is 10.4. The van der Waals surface area contributed by atoms with E-state index in [1.807, 2.05) is 0 Å². The predicted molar refractivity (Wildman–Crippen MR) is 71.3 cm³/mol. The number of hydrogen-bond donors (Lipinski definition) is 0. The summed E-state index contributed by atoms with van der Waals surface area (Å²) in [7, 11) is 0. The van der Waals surface area contributed by atoms with Crippen LogP contribution in [-0.2, 0) is 9.53 Å². The van der Waals surface area contributed by atoms with Crippen molar-refractivity contribution in [2.24, 2.45) is 5.92 Å². The third kappa shape index (κ3) is 3.44. The molecule has 0 aromatic carbocycles. The molecule has 2 rings (SSSR count). The fraction of sp³-hybridized carbons (Fsp3) is 0.923. The fourth-order valence-electron chi connectivity index (χ4n) is 2.57. The predicted octanol–water partition coefficient (Wildman–Crippen LogP) is 2.58. The maximum Gasteiger partial charge on any atom is 0.228 e. The van der Waals surface area contributed by atoms with Crippen LogP contribution in [0.25, 0.3) is 0 Å². The molecule has 2 fully saturated rings. The van der Waals surface area contributed by atoms with Gasteiger partial charge >= 0.3 is 0 Å². The lowest BCUT2D eigenvalue weighted by molar-refractivity contribution is -0.143. The minimum atomic E-state index is 0.125. The van der Waals surface area contributed by atoms with Gasteiger partial charge in [-0.15, -0.1) is 0 Å². The minimum absolute atomic E-state index is 0.125. The summed E-state index contributed by atoms with van der Waals surface area (Å²) in [6.45, 7) is 2.37. The van der Waals surface area contributed by atoms with E-state index in [9.17, 15) is 4.79 Å². The van der Waals surface area contributed by atoms with Crippen LogP contribution >= 0.6 is 15.9 Å². The van der Waals surface area contributed by atoms with Gasteiger partial charge in [-0.1, -0.05) is 15.9 Å². The van der Waals surface area contributed by atoms with Crippen molar-refractivity contribution in [2.75, 3.05) is 25.1 Å². The van der Waals surface area contributed by atoms with Crippen molar-refractivity contribution in [3.63, 3.8) is 0 Å². The first-order valence-corrected chi connectivity index (χ1v) is 7.89. The zero-order chi connectivity index (χ0) is 12.1. The third-order valence-electron chi connectivity index (χ3n) is 3.84. The third-order valence-corrected chi connectivity index (χ3v) is 4.40. The van der Waals surface area contributed by atoms with Crippen LogP contribution in [0.2, 0.25) is 0 Å². The highest BCUT2D eigenvalue weighted by molar-refractivity contribution is 9.09. The fourth-order valence-corrected chi connectivity index (χ4v) is 2.82. The standard InChI is InChI=1S/C13H22BrNO2/c14-7-3-8-15(12-5-1-6-12)13(16)11-4-2-9-17-10-11/h11-12H,1-10H2. The Morgan fingerprint density at radius 1 is 1.29 bits per heavy atom. The molecular weight excluding hydrogens is 282 g/mol. The summed E-state index contributed by atoms with van der Waals surface area (Å²) >= 11 is 3.45. The van der Waals surface area contributed by atoms with E-state index in [-0.39, 0.29) is 5.92 Å². The lowest BCUT2D eigenvalue weighted by Gasteiger charge is -2.40. The molecule has 2 aliphatic rings. The average molecular weight is 304 g/mol. The van der Waals surface area contributed by atoms with E-state index < -0.39 is 0 Å². The number of hydrogen-bond acceptors (Lipinski definition) is 2. The summed E-state index contributed by atoms with van der Waals surface area (Å²) in [5.74, 6) is 0.468. The van der Waals surface area contributed by atoms with E-state index >= 15 is 0 Å². The molecule has 1 saturated heterocycles. The van der Waals surface area contributed by atoms with Gasteiger partial charge in [0.1, 0.15) is 0 Å². The molecule has 1 heterocycles. The Morgan fingerprint density at radius 3 is 2.65 bits per heavy atom. The molecule has 0 aromatic heterocycles. The Morgan fingerprint density at radius 2 is 2.12 bits per heavy atom. The van der Waals surface area contributed by atoms with Gasteiger partial charge in [0.2, 0.25) is 5.91 Å². The van der Waals surface area contributed by atoms with Gasteiger partial charge in [-0.3, -0.25) is 4.79 Å². The number of halogens is 1. The first kappa shape index (κ1) is 13.3. The molecule has 0 radical (unpaired) electrons. The first-order valence-electron chi connectivity index (χ1n) is 6.77. The van der Waals surface area contributed by atoms with E-state index in [0.717, 1.165) is 37.7 Å². The molecule has 17 heavy (non-hydrogen) atoms. The number of carbonyl (C=O) groups is 1. The highest BCUT2D eigenvalue weighted by Gasteiger charge is 2.33. The highest BCUT2D eigenvalue weighted by Crippen LogP contribution is 2.28. The summed E-state index contributed by atoms with van der Waals surface area (Å²) in [6.07, 6.45) is 6.77. The Kier molecular flexibility index (Phi) is 5.29. The van der Waals surface area contributed by atoms with Gasteiger partial charge in [0.15, 0.2) is 0 Å². The second-order valence-corrected chi connectivity index (χ2v) is 5.87. The second-order valence-electron chi connectivity index (χ2n) is 5.07. The van der Waals surface area contributed by atoms with Crippen molar-refractivity contribution >= 4 is 21.8 Å². The van der Waals surface area contributed by atoms with Gasteiger partial charge in [-0.05, 0) is 38.5 Å². The normalized spacial score (nSPS) is 25.4. The Labute approximate surface area is 112 Å². The number of ether oxygens (including phenoxy) is 1. The molecule has 1 amide bonds. The van der Waals surface area contributed by atoms with Gasteiger partial charge < -0.3 is 9.64 Å². The van der Waals surface area contributed by atoms with Crippen LogP contribution in [0.3, 0.4) is 0 Å². The molecular formula is C13H22BrNO2. The van der Waals surface area contributed by atoms with Crippen LogP contribution in [0.4, 0.5) is 0 Å². The van der Waals surface area contributed by atoms with Crippen LogP contribution in [0, 0.1) is 5.92 Å². The number of carbonyl (C=O) groups excluding carboxylic acids is 1. The molecule has 1 atom stereocenters. The zero-order valence-corrected chi connectivity index (χ0v) is 12.0. The topological polar surface area (TPSA) is 29.5 Å². The van der Waals surface area contributed by atoms with Crippen LogP contribution < -0.4 is 0 Å². The molecule has 0 bridgehead atoms. The van der Waals surface area contributed by atoms with Gasteiger partial charge in [0.05, 0.1) is 12.5 Å². The van der Waals surface area contributed by atoms with Gasteiger partial charge in [0.25, 0.3) is 0 Å². The quantitative estimate of drug-likeness (QED) is 0.731. The van der Waals surface area contributed by atoms with Crippen molar-refractivity contribution in [3.05, 3.63) is 0 Å². The second kappa shape index (κ2) is 6.74. The summed E-state index contributed by atoms with van der Waals surface area (Å²) in [5, 5.41) is 0.977. The summed E-state index contributed by atoms with van der Waals surface area (Å²) < 4.78 is 5.43. The Hall–Kier alpha value is -0.0900. The number of alkyl halides is 1. The highest BCUT2D eigenvalue weighted by atomic mass is 79.9. The van der Waals surface area contributed by atoms with E-state index in [2.05, 4.69) is 20.8 Å². The number of nitrogens with zero attached hydrogens (tertiary/aromatic N) is 1. The molecule has 1 aliphatic heterocycles. The smallest absolute Gasteiger partial charge is 0.228 e. The van der Waals surface area contributed by atoms with Crippen molar-refractivity contribution in [2.45, 2.75) is 44.6 Å². The van der Waals surface area contributed by atoms with Crippen LogP contribution in [-0.4, -0.2) is 41.9 Å². The lowest BCUT2D eigenvalue weighted by Crippen LogP contribution is -2.48. The molecule has 0 N–H and O–H groups in total. The van der Waals surface area contributed by atoms with Crippen molar-refractivity contribution < 1.29 is 9.53 Å². The largest absolute Gasteiger partial charge is 0.381 e. The van der Waals surface area contributed by atoms with Gasteiger partial charge in [0, 0.05) is 24.5 Å². The van der Waals surface area contributed by atoms with Crippen molar-refractivity contribution in [1.29, 1.82) is 0 Å². The van der Waals surface area contributed by atoms with Crippen LogP contribution in [0.1, 0.15) is 38.5 Å². The van der Waals surface area contributed by atoms with E-state index in [1.54, 1.807) is 0 Å². The molecule has 3 nitrogen and oxygen atoms in total. The average Bonchev–Trinajstić information content (AvgIpc) is 2.32. The van der Waals surface area contributed by atoms with E-state index in [4.69, 9.17) is 4.74 Å². The SMILES string of the molecule is O=C(C1CCCOC1)N(CCCBr)C1CCC1. The molecule has 4 heteroatoms. The maximum atomic E-state index is 12.5. The summed E-state index contributed by atoms with van der Waals surface area (Å²) in [6, 6.07) is 0.517. The lowest BCUT2D eigenvalue weighted by atomic mass is 9.89. The molecule has 0 spiro atoms. The Bertz CT molecular complexity index is 250. The monoisotopic (exact) mass is 303 g/mol. The molecule has 1 saturated carbocycles. The number of amides is 1. The maximum absolute atomic E-state index is 12.5. The Balaban J connectivity index is 1.90. The summed E-state index contributed by atoms with van der Waals surface area (Å²) in [4.78, 5) is 14.6. The molecule has 0 aromatic rings. The van der Waals surface area contributed by atoms with Crippen molar-refractivity contribution in [3.8, 4) is 0 Å². The molecule has 1 aliphatic carbocycles. The first-order chi connectivity index (χ1) is 8.33. The van der Waals surface area contributed by atoms with Gasteiger partial charge in [-0.25, -0.2) is 0 Å². The minimum Gasteiger partial charge on any atom is -0.381 e. The van der Waals surface area contributed by atoms with E-state index in [0.29, 0.717) is 18.6 Å². The van der Waals surface area contributed by atoms with Crippen LogP contribution in [0.15, 0.2) is 0 Å².